The summed E-state index contributed by atoms with van der Waals surface area (Å²) < 4.78 is 25.8. The summed E-state index contributed by atoms with van der Waals surface area (Å²) in [6.07, 6.45) is 1.82. The second-order valence-corrected chi connectivity index (χ2v) is 9.45. The van der Waals surface area contributed by atoms with Gasteiger partial charge in [-0.15, -0.1) is 0 Å². The summed E-state index contributed by atoms with van der Waals surface area (Å²) in [7, 11) is 3.19. The normalized spacial score (nSPS) is 10.6. The summed E-state index contributed by atoms with van der Waals surface area (Å²) in [6.45, 7) is -0.0626. The Balaban J connectivity index is 1.44. The Morgan fingerprint density at radius 1 is 0.833 bits per heavy atom. The molecule has 0 atom stereocenters. The zero-order chi connectivity index (χ0) is 29.5. The van der Waals surface area contributed by atoms with Crippen LogP contribution in [-0.2, 0) is 11.3 Å². The Morgan fingerprint density at radius 3 is 2.07 bits per heavy atom. The molecule has 212 valence electrons. The molecule has 0 aliphatic rings. The highest BCUT2D eigenvalue weighted by atomic mass is 19.1. The molecule has 0 fully saturated rings. The van der Waals surface area contributed by atoms with Gasteiger partial charge in [0.25, 0.3) is 5.91 Å². The fourth-order valence-corrected chi connectivity index (χ4v) is 4.42. The number of hydrogen-bond donors (Lipinski definition) is 1. The highest BCUT2D eigenvalue weighted by Gasteiger charge is 2.21. The highest BCUT2D eigenvalue weighted by molar-refractivity contribution is 5.99. The van der Waals surface area contributed by atoms with Crippen molar-refractivity contribution < 1.29 is 23.5 Å². The smallest absolute Gasteiger partial charge is 0.254 e. The topological polar surface area (TPSA) is 85.7 Å². The first-order valence-electron chi connectivity index (χ1n) is 13.2. The fourth-order valence-electron chi connectivity index (χ4n) is 4.42. The molecule has 42 heavy (non-hydrogen) atoms. The van der Waals surface area contributed by atoms with Crippen molar-refractivity contribution in [2.24, 2.45) is 0 Å². The van der Waals surface area contributed by atoms with Crippen LogP contribution < -0.4 is 14.8 Å². The first-order valence-corrected chi connectivity index (χ1v) is 13.2. The van der Waals surface area contributed by atoms with Gasteiger partial charge in [0.1, 0.15) is 23.9 Å². The second-order valence-electron chi connectivity index (χ2n) is 9.45. The number of ether oxygens (including phenoxy) is 2. The minimum atomic E-state index is -0.447. The number of carbonyl (C=O) groups excluding carboxylic acids is 2. The van der Waals surface area contributed by atoms with Gasteiger partial charge in [0.2, 0.25) is 11.9 Å². The number of anilines is 1. The molecule has 0 unspecified atom stereocenters. The van der Waals surface area contributed by atoms with E-state index in [1.807, 2.05) is 85.1 Å². The molecule has 8 nitrogen and oxygen atoms in total. The van der Waals surface area contributed by atoms with Gasteiger partial charge in [0, 0.05) is 29.6 Å². The number of nitrogens with zero attached hydrogens (tertiary/aromatic N) is 3. The Kier molecular flexibility index (Phi) is 8.58. The summed E-state index contributed by atoms with van der Waals surface area (Å²) >= 11 is 0. The fraction of sp³-hybridized carbons (Fsp3) is 0.121. The third-order valence-electron chi connectivity index (χ3n) is 6.62. The first kappa shape index (κ1) is 28.1. The molecule has 4 aromatic carbocycles. The number of halogens is 1. The van der Waals surface area contributed by atoms with Crippen LogP contribution in [-0.4, -0.2) is 47.0 Å². The molecule has 0 saturated carbocycles. The van der Waals surface area contributed by atoms with Crippen LogP contribution in [0.15, 0.2) is 109 Å². The van der Waals surface area contributed by atoms with E-state index in [9.17, 15) is 14.0 Å². The summed E-state index contributed by atoms with van der Waals surface area (Å²) in [5, 5.41) is 2.89. The number of aromatic nitrogens is 2. The van der Waals surface area contributed by atoms with E-state index in [-0.39, 0.29) is 24.6 Å². The van der Waals surface area contributed by atoms with Crippen molar-refractivity contribution in [1.29, 1.82) is 0 Å². The number of nitrogens with one attached hydrogen (secondary N) is 1. The number of rotatable bonds is 10. The van der Waals surface area contributed by atoms with E-state index in [1.54, 1.807) is 18.8 Å². The van der Waals surface area contributed by atoms with E-state index >= 15 is 0 Å². The third kappa shape index (κ3) is 6.64. The number of methoxy groups -OCH3 is 2. The van der Waals surface area contributed by atoms with E-state index < -0.39 is 17.6 Å². The van der Waals surface area contributed by atoms with Crippen LogP contribution in [0.1, 0.15) is 15.9 Å². The molecule has 1 aromatic heterocycles. The van der Waals surface area contributed by atoms with E-state index in [1.165, 1.54) is 29.2 Å². The van der Waals surface area contributed by atoms with Gasteiger partial charge in [-0.05, 0) is 78.4 Å². The monoisotopic (exact) mass is 564 g/mol. The predicted molar refractivity (Wildman–Crippen MR) is 158 cm³/mol. The SMILES string of the molecule is COc1ccc(-c2cn(-c3ccc(OC)cc3)c(NC(=O)CN(Cc3ccccc3)C(=O)c3ccc(F)cc3)n2)cc1. The van der Waals surface area contributed by atoms with Crippen molar-refractivity contribution >= 4 is 17.8 Å². The first-order chi connectivity index (χ1) is 20.4. The zero-order valence-corrected chi connectivity index (χ0v) is 23.2. The van der Waals surface area contributed by atoms with Gasteiger partial charge < -0.3 is 14.4 Å². The van der Waals surface area contributed by atoms with Gasteiger partial charge in [0.05, 0.1) is 19.9 Å². The molecule has 0 aliphatic heterocycles. The molecule has 0 aliphatic carbocycles. The van der Waals surface area contributed by atoms with Gasteiger partial charge in [0.15, 0.2) is 0 Å². The van der Waals surface area contributed by atoms with E-state index in [0.29, 0.717) is 17.2 Å². The van der Waals surface area contributed by atoms with Crippen LogP contribution in [0.2, 0.25) is 0 Å². The van der Waals surface area contributed by atoms with Crippen molar-refractivity contribution in [2.45, 2.75) is 6.54 Å². The maximum Gasteiger partial charge on any atom is 0.254 e. The van der Waals surface area contributed by atoms with Gasteiger partial charge in [-0.2, -0.15) is 0 Å². The summed E-state index contributed by atoms with van der Waals surface area (Å²) in [5.41, 5.74) is 3.34. The van der Waals surface area contributed by atoms with Crippen molar-refractivity contribution in [2.75, 3.05) is 26.1 Å². The minimum absolute atomic E-state index is 0.189. The van der Waals surface area contributed by atoms with E-state index in [4.69, 9.17) is 14.5 Å². The zero-order valence-electron chi connectivity index (χ0n) is 23.2. The van der Waals surface area contributed by atoms with Crippen LogP contribution >= 0.6 is 0 Å². The van der Waals surface area contributed by atoms with Crippen LogP contribution in [0.3, 0.4) is 0 Å². The molecule has 1 N–H and O–H groups in total. The molecule has 0 spiro atoms. The molecule has 5 rings (SSSR count). The summed E-state index contributed by atoms with van der Waals surface area (Å²) in [4.78, 5) is 33.0. The van der Waals surface area contributed by atoms with Crippen molar-refractivity contribution in [3.05, 3.63) is 126 Å². The van der Waals surface area contributed by atoms with Crippen LogP contribution in [0, 0.1) is 5.82 Å². The summed E-state index contributed by atoms with van der Waals surface area (Å²) in [5.74, 6) is 0.401. The summed E-state index contributed by atoms with van der Waals surface area (Å²) in [6, 6.07) is 29.4. The quantitative estimate of drug-likeness (QED) is 0.226. The van der Waals surface area contributed by atoms with E-state index in [0.717, 1.165) is 16.8 Å². The molecular formula is C33H29FN4O4. The highest BCUT2D eigenvalue weighted by Crippen LogP contribution is 2.27. The number of hydrogen-bond acceptors (Lipinski definition) is 5. The second kappa shape index (κ2) is 12.8. The molecule has 0 radical (unpaired) electrons. The number of benzene rings is 4. The van der Waals surface area contributed by atoms with Crippen LogP contribution in [0.5, 0.6) is 11.5 Å². The molecule has 5 aromatic rings. The Hall–Kier alpha value is -5.44. The van der Waals surface area contributed by atoms with Crippen molar-refractivity contribution in [3.8, 4) is 28.4 Å². The maximum absolute atomic E-state index is 13.5. The molecule has 0 saturated heterocycles. The molecular weight excluding hydrogens is 535 g/mol. The van der Waals surface area contributed by atoms with Gasteiger partial charge in [-0.1, -0.05) is 30.3 Å². The standard InChI is InChI=1S/C33H29FN4O4/c1-41-28-16-10-24(11-17-28)30-21-38(27-14-18-29(42-2)19-15-27)33(35-30)36-31(39)22-37(20-23-6-4-3-5-7-23)32(40)25-8-12-26(34)13-9-25/h3-19,21H,20,22H2,1-2H3,(H,35,36,39). The average Bonchev–Trinajstić information content (AvgIpc) is 3.44. The predicted octanol–water partition coefficient (Wildman–Crippen LogP) is 5.98. The number of carbonyl (C=O) groups is 2. The lowest BCUT2D eigenvalue weighted by Crippen LogP contribution is -2.38. The van der Waals surface area contributed by atoms with Gasteiger partial charge >= 0.3 is 0 Å². The minimum Gasteiger partial charge on any atom is -0.497 e. The van der Waals surface area contributed by atoms with Gasteiger partial charge in [-0.3, -0.25) is 19.5 Å². The van der Waals surface area contributed by atoms with Gasteiger partial charge in [-0.25, -0.2) is 9.37 Å². The molecule has 1 heterocycles. The van der Waals surface area contributed by atoms with Crippen LogP contribution in [0.25, 0.3) is 16.9 Å². The number of imidazole rings is 1. The lowest BCUT2D eigenvalue weighted by molar-refractivity contribution is -0.117. The Morgan fingerprint density at radius 2 is 1.45 bits per heavy atom. The lowest BCUT2D eigenvalue weighted by Gasteiger charge is -2.22. The average molecular weight is 565 g/mol. The lowest BCUT2D eigenvalue weighted by atomic mass is 10.1. The maximum atomic E-state index is 13.5. The Labute approximate surface area is 243 Å². The third-order valence-corrected chi connectivity index (χ3v) is 6.62. The van der Waals surface area contributed by atoms with Crippen molar-refractivity contribution in [3.63, 3.8) is 0 Å². The van der Waals surface area contributed by atoms with Crippen LogP contribution in [0.4, 0.5) is 10.3 Å². The molecule has 0 bridgehead atoms. The molecule has 2 amide bonds. The largest absolute Gasteiger partial charge is 0.497 e. The number of amides is 2. The Bertz CT molecular complexity index is 1650. The van der Waals surface area contributed by atoms with Crippen molar-refractivity contribution in [1.82, 2.24) is 14.5 Å². The van der Waals surface area contributed by atoms with E-state index in [2.05, 4.69) is 5.32 Å². The molecule has 9 heteroatoms.